The molecule has 2 aromatic rings. The number of oxazole rings is 1. The van der Waals surface area contributed by atoms with Gasteiger partial charge in [0.2, 0.25) is 17.7 Å². The molecule has 0 N–H and O–H groups in total. The van der Waals surface area contributed by atoms with Crippen LogP contribution in [0.3, 0.4) is 0 Å². The van der Waals surface area contributed by atoms with E-state index in [1.165, 1.54) is 11.3 Å². The Balaban J connectivity index is 1.59. The second kappa shape index (κ2) is 6.33. The van der Waals surface area contributed by atoms with Crippen molar-refractivity contribution in [2.45, 2.75) is 26.4 Å². The standard InChI is InChI=1S/C15H14N2O5S/c1-9-10(16-15(22-9)11-3-2-6-23-11)8-21-14(20)7-17-12(18)4-5-13(17)19/h2-3,6H,4-5,7-8H2,1H3. The number of ether oxygens (including phenoxy) is 1. The first-order valence-corrected chi connectivity index (χ1v) is 7.91. The van der Waals surface area contributed by atoms with Gasteiger partial charge in [0.25, 0.3) is 0 Å². The van der Waals surface area contributed by atoms with Crippen LogP contribution in [0.25, 0.3) is 10.8 Å². The number of carbonyl (C=O) groups excluding carboxylic acids is 3. The number of nitrogens with zero attached hydrogens (tertiary/aromatic N) is 2. The molecule has 2 amide bonds. The molecule has 0 aromatic carbocycles. The van der Waals surface area contributed by atoms with E-state index in [9.17, 15) is 14.4 Å². The summed E-state index contributed by atoms with van der Waals surface area (Å²) in [5, 5.41) is 1.92. The zero-order valence-corrected chi connectivity index (χ0v) is 13.2. The lowest BCUT2D eigenvalue weighted by molar-refractivity contribution is -0.153. The number of likely N-dealkylation sites (tertiary alicyclic amines) is 1. The van der Waals surface area contributed by atoms with Crippen molar-refractivity contribution in [3.8, 4) is 10.8 Å². The van der Waals surface area contributed by atoms with E-state index in [1.807, 2.05) is 17.5 Å². The summed E-state index contributed by atoms with van der Waals surface area (Å²) in [4.78, 5) is 40.8. The minimum absolute atomic E-state index is 0.0598. The molecular formula is C15H14N2O5S. The fourth-order valence-corrected chi connectivity index (χ4v) is 2.84. The molecule has 1 aliphatic heterocycles. The first-order valence-electron chi connectivity index (χ1n) is 7.03. The fourth-order valence-electron chi connectivity index (χ4n) is 2.19. The van der Waals surface area contributed by atoms with Crippen LogP contribution < -0.4 is 0 Å². The van der Waals surface area contributed by atoms with E-state index >= 15 is 0 Å². The number of aromatic nitrogens is 1. The lowest BCUT2D eigenvalue weighted by Crippen LogP contribution is -2.35. The molecule has 23 heavy (non-hydrogen) atoms. The third kappa shape index (κ3) is 3.31. The molecule has 0 atom stereocenters. The highest BCUT2D eigenvalue weighted by Gasteiger charge is 2.31. The molecule has 3 heterocycles. The quantitative estimate of drug-likeness (QED) is 0.613. The minimum Gasteiger partial charge on any atom is -0.458 e. The van der Waals surface area contributed by atoms with Crippen LogP contribution >= 0.6 is 11.3 Å². The van der Waals surface area contributed by atoms with Crippen LogP contribution in [0, 0.1) is 6.92 Å². The van der Waals surface area contributed by atoms with E-state index in [2.05, 4.69) is 4.98 Å². The van der Waals surface area contributed by atoms with Crippen molar-refractivity contribution in [3.63, 3.8) is 0 Å². The number of hydrogen-bond acceptors (Lipinski definition) is 7. The summed E-state index contributed by atoms with van der Waals surface area (Å²) < 4.78 is 10.6. The summed E-state index contributed by atoms with van der Waals surface area (Å²) in [6.07, 6.45) is 0.303. The molecule has 0 bridgehead atoms. The largest absolute Gasteiger partial charge is 0.458 e. The maximum Gasteiger partial charge on any atom is 0.326 e. The van der Waals surface area contributed by atoms with Gasteiger partial charge in [-0.05, 0) is 18.4 Å². The number of thiophene rings is 1. The highest BCUT2D eigenvalue weighted by molar-refractivity contribution is 7.13. The Bertz CT molecular complexity index is 734. The molecule has 3 rings (SSSR count). The Kier molecular flexibility index (Phi) is 4.24. The van der Waals surface area contributed by atoms with Crippen molar-refractivity contribution in [2.24, 2.45) is 0 Å². The van der Waals surface area contributed by atoms with Crippen LogP contribution in [0.1, 0.15) is 24.3 Å². The average Bonchev–Trinajstić information content (AvgIpc) is 3.22. The number of rotatable bonds is 5. The first-order chi connectivity index (χ1) is 11.0. The number of carbonyl (C=O) groups is 3. The monoisotopic (exact) mass is 334 g/mol. The molecule has 1 aliphatic rings. The number of hydrogen-bond donors (Lipinski definition) is 0. The van der Waals surface area contributed by atoms with Gasteiger partial charge in [-0.1, -0.05) is 6.07 Å². The second-order valence-corrected chi connectivity index (χ2v) is 5.98. The summed E-state index contributed by atoms with van der Waals surface area (Å²) >= 11 is 1.50. The van der Waals surface area contributed by atoms with Crippen LogP contribution in [0.15, 0.2) is 21.9 Å². The van der Waals surface area contributed by atoms with Crippen molar-refractivity contribution < 1.29 is 23.5 Å². The Morgan fingerprint density at radius 1 is 1.39 bits per heavy atom. The lowest BCUT2D eigenvalue weighted by atomic mass is 10.4. The molecule has 1 fully saturated rings. The molecule has 1 saturated heterocycles. The molecule has 0 radical (unpaired) electrons. The van der Waals surface area contributed by atoms with Gasteiger partial charge >= 0.3 is 5.97 Å². The molecule has 8 heteroatoms. The van der Waals surface area contributed by atoms with Gasteiger partial charge in [-0.25, -0.2) is 4.98 Å². The van der Waals surface area contributed by atoms with Gasteiger partial charge in [-0.15, -0.1) is 11.3 Å². The van der Waals surface area contributed by atoms with Crippen LogP contribution in [0.5, 0.6) is 0 Å². The molecule has 2 aromatic heterocycles. The van der Waals surface area contributed by atoms with Crippen LogP contribution in [-0.4, -0.2) is 34.2 Å². The third-order valence-corrected chi connectivity index (χ3v) is 4.29. The topological polar surface area (TPSA) is 89.7 Å². The van der Waals surface area contributed by atoms with Gasteiger partial charge in [0.15, 0.2) is 0 Å². The van der Waals surface area contributed by atoms with Gasteiger partial charge in [-0.2, -0.15) is 0 Å². The normalized spacial score (nSPS) is 14.6. The molecule has 7 nitrogen and oxygen atoms in total. The average molecular weight is 334 g/mol. The summed E-state index contributed by atoms with van der Waals surface area (Å²) in [7, 11) is 0. The molecule has 0 saturated carbocycles. The number of esters is 1. The van der Waals surface area contributed by atoms with Crippen LogP contribution in [0.4, 0.5) is 0 Å². The Morgan fingerprint density at radius 2 is 2.13 bits per heavy atom. The zero-order chi connectivity index (χ0) is 16.4. The minimum atomic E-state index is -0.645. The van der Waals surface area contributed by atoms with Gasteiger partial charge in [0, 0.05) is 12.8 Å². The van der Waals surface area contributed by atoms with Crippen molar-refractivity contribution in [1.29, 1.82) is 0 Å². The third-order valence-electron chi connectivity index (χ3n) is 3.44. The van der Waals surface area contributed by atoms with Gasteiger partial charge in [0.1, 0.15) is 24.6 Å². The number of amides is 2. The molecule has 0 aliphatic carbocycles. The Labute approximate surface area is 135 Å². The molecular weight excluding hydrogens is 320 g/mol. The zero-order valence-electron chi connectivity index (χ0n) is 12.4. The Morgan fingerprint density at radius 3 is 2.78 bits per heavy atom. The summed E-state index contributed by atoms with van der Waals surface area (Å²) in [6.45, 7) is 1.32. The van der Waals surface area contributed by atoms with Crippen LogP contribution in [-0.2, 0) is 25.7 Å². The lowest BCUT2D eigenvalue weighted by Gasteiger charge is -2.12. The van der Waals surface area contributed by atoms with Crippen LogP contribution in [0.2, 0.25) is 0 Å². The van der Waals surface area contributed by atoms with Gasteiger partial charge in [0.05, 0.1) is 4.88 Å². The van der Waals surface area contributed by atoms with Crippen molar-refractivity contribution in [3.05, 3.63) is 29.0 Å². The first kappa shape index (κ1) is 15.4. The maximum atomic E-state index is 11.8. The maximum absolute atomic E-state index is 11.8. The smallest absolute Gasteiger partial charge is 0.326 e. The fraction of sp³-hybridized carbons (Fsp3) is 0.333. The van der Waals surface area contributed by atoms with E-state index < -0.39 is 5.97 Å². The number of aryl methyl sites for hydroxylation is 1. The van der Waals surface area contributed by atoms with Crippen molar-refractivity contribution in [2.75, 3.05) is 6.54 Å². The second-order valence-electron chi connectivity index (χ2n) is 5.03. The Hall–Kier alpha value is -2.48. The van der Waals surface area contributed by atoms with E-state index in [1.54, 1.807) is 6.92 Å². The van der Waals surface area contributed by atoms with E-state index in [0.717, 1.165) is 9.78 Å². The highest BCUT2D eigenvalue weighted by atomic mass is 32.1. The predicted octanol–water partition coefficient (Wildman–Crippen LogP) is 1.90. The van der Waals surface area contributed by atoms with Crippen molar-refractivity contribution in [1.82, 2.24) is 9.88 Å². The van der Waals surface area contributed by atoms with Gasteiger partial charge < -0.3 is 9.15 Å². The SMILES string of the molecule is Cc1oc(-c2cccs2)nc1COC(=O)CN1C(=O)CCC1=O. The van der Waals surface area contributed by atoms with E-state index in [-0.39, 0.29) is 37.8 Å². The predicted molar refractivity (Wildman–Crippen MR) is 80.3 cm³/mol. The summed E-state index contributed by atoms with van der Waals surface area (Å²) in [5.74, 6) is -0.286. The molecule has 0 spiro atoms. The van der Waals surface area contributed by atoms with E-state index in [4.69, 9.17) is 9.15 Å². The molecule has 0 unspecified atom stereocenters. The summed E-state index contributed by atoms with van der Waals surface area (Å²) in [5.41, 5.74) is 0.515. The van der Waals surface area contributed by atoms with Gasteiger partial charge in [-0.3, -0.25) is 19.3 Å². The molecule has 120 valence electrons. The van der Waals surface area contributed by atoms with E-state index in [0.29, 0.717) is 17.3 Å². The summed E-state index contributed by atoms with van der Waals surface area (Å²) in [6, 6.07) is 3.78. The number of imide groups is 1. The van der Waals surface area contributed by atoms with Crippen molar-refractivity contribution >= 4 is 29.1 Å². The highest BCUT2D eigenvalue weighted by Crippen LogP contribution is 2.26.